The van der Waals surface area contributed by atoms with Crippen LogP contribution in [0.3, 0.4) is 0 Å². The molecule has 0 spiro atoms. The topological polar surface area (TPSA) is 12.0 Å². The van der Waals surface area contributed by atoms with E-state index in [9.17, 15) is 0 Å². The summed E-state index contributed by atoms with van der Waals surface area (Å²) >= 11 is 1.86. The van der Waals surface area contributed by atoms with Crippen molar-refractivity contribution in [1.82, 2.24) is 5.32 Å². The van der Waals surface area contributed by atoms with Crippen molar-refractivity contribution in [2.45, 2.75) is 32.7 Å². The molecule has 1 atom stereocenters. The maximum atomic E-state index is 3.59. The van der Waals surface area contributed by atoms with E-state index < -0.39 is 0 Å². The predicted molar refractivity (Wildman–Crippen MR) is 58.2 cm³/mol. The minimum Gasteiger partial charge on any atom is -0.310 e. The Bertz CT molecular complexity index is 275. The fourth-order valence-electron chi connectivity index (χ4n) is 1.90. The quantitative estimate of drug-likeness (QED) is 0.778. The molecule has 1 aromatic rings. The van der Waals surface area contributed by atoms with Crippen LogP contribution < -0.4 is 5.32 Å². The van der Waals surface area contributed by atoms with Gasteiger partial charge >= 0.3 is 0 Å². The molecule has 1 nitrogen and oxygen atoms in total. The van der Waals surface area contributed by atoms with E-state index in [0.29, 0.717) is 6.04 Å². The van der Waals surface area contributed by atoms with Gasteiger partial charge in [-0.15, -0.1) is 11.3 Å². The van der Waals surface area contributed by atoms with Gasteiger partial charge in [0.05, 0.1) is 0 Å². The number of hydrogen-bond acceptors (Lipinski definition) is 2. The van der Waals surface area contributed by atoms with Crippen LogP contribution in [0.4, 0.5) is 0 Å². The lowest BCUT2D eigenvalue weighted by Crippen LogP contribution is -2.22. The summed E-state index contributed by atoms with van der Waals surface area (Å²) in [6, 6.07) is 2.92. The number of rotatable bonds is 4. The zero-order valence-electron chi connectivity index (χ0n) is 8.34. The van der Waals surface area contributed by atoms with E-state index in [1.807, 2.05) is 11.3 Å². The van der Waals surface area contributed by atoms with E-state index in [0.717, 1.165) is 12.5 Å². The Morgan fingerprint density at radius 1 is 1.62 bits per heavy atom. The Labute approximate surface area is 84.2 Å². The Hall–Kier alpha value is -0.340. The molecule has 0 amide bonds. The molecule has 1 unspecified atom stereocenters. The molecule has 2 rings (SSSR count). The van der Waals surface area contributed by atoms with Crippen LogP contribution in [-0.2, 0) is 0 Å². The second-order valence-electron chi connectivity index (χ2n) is 3.80. The Morgan fingerprint density at radius 3 is 2.85 bits per heavy atom. The average molecular weight is 195 g/mol. The molecule has 13 heavy (non-hydrogen) atoms. The van der Waals surface area contributed by atoms with Crippen LogP contribution in [0.2, 0.25) is 0 Å². The lowest BCUT2D eigenvalue weighted by Gasteiger charge is -2.17. The largest absolute Gasteiger partial charge is 0.310 e. The molecule has 1 saturated carbocycles. The van der Waals surface area contributed by atoms with Crippen molar-refractivity contribution in [3.05, 3.63) is 21.9 Å². The van der Waals surface area contributed by atoms with E-state index in [2.05, 4.69) is 30.6 Å². The number of hydrogen-bond donors (Lipinski definition) is 1. The molecular weight excluding hydrogens is 178 g/mol. The van der Waals surface area contributed by atoms with E-state index in [4.69, 9.17) is 0 Å². The van der Waals surface area contributed by atoms with Crippen LogP contribution in [0.25, 0.3) is 0 Å². The van der Waals surface area contributed by atoms with Crippen LogP contribution in [-0.4, -0.2) is 6.54 Å². The third-order valence-corrected chi connectivity index (χ3v) is 3.61. The fraction of sp³-hybridized carbons (Fsp3) is 0.636. The van der Waals surface area contributed by atoms with Crippen molar-refractivity contribution < 1.29 is 0 Å². The maximum absolute atomic E-state index is 3.59. The van der Waals surface area contributed by atoms with Gasteiger partial charge in [0, 0.05) is 10.9 Å². The summed E-state index contributed by atoms with van der Waals surface area (Å²) in [5, 5.41) is 5.80. The van der Waals surface area contributed by atoms with Gasteiger partial charge in [0.15, 0.2) is 0 Å². The molecule has 0 aromatic carbocycles. The van der Waals surface area contributed by atoms with Crippen molar-refractivity contribution in [3.63, 3.8) is 0 Å². The fourth-order valence-corrected chi connectivity index (χ4v) is 2.65. The van der Waals surface area contributed by atoms with Gasteiger partial charge < -0.3 is 5.32 Å². The second-order valence-corrected chi connectivity index (χ2v) is 4.93. The summed E-state index contributed by atoms with van der Waals surface area (Å²) in [5.74, 6) is 0.910. The molecule has 0 aliphatic heterocycles. The first-order chi connectivity index (χ1) is 6.33. The van der Waals surface area contributed by atoms with Gasteiger partial charge in [-0.1, -0.05) is 6.92 Å². The molecule has 1 N–H and O–H groups in total. The molecule has 0 saturated heterocycles. The Kier molecular flexibility index (Phi) is 2.70. The Morgan fingerprint density at radius 2 is 2.38 bits per heavy atom. The number of aryl methyl sites for hydroxylation is 1. The van der Waals surface area contributed by atoms with Gasteiger partial charge in [-0.2, -0.15) is 0 Å². The molecule has 0 bridgehead atoms. The highest BCUT2D eigenvalue weighted by molar-refractivity contribution is 7.10. The molecule has 1 fully saturated rings. The first-order valence-electron chi connectivity index (χ1n) is 5.10. The molecule has 2 heteroatoms. The summed E-state index contributed by atoms with van der Waals surface area (Å²) in [6.45, 7) is 5.50. The molecular formula is C11H17NS. The smallest absolute Gasteiger partial charge is 0.0359 e. The van der Waals surface area contributed by atoms with Crippen molar-refractivity contribution in [1.29, 1.82) is 0 Å². The van der Waals surface area contributed by atoms with Crippen LogP contribution >= 0.6 is 11.3 Å². The summed E-state index contributed by atoms with van der Waals surface area (Å²) in [5.41, 5.74) is 1.54. The molecule has 72 valence electrons. The minimum atomic E-state index is 0.635. The standard InChI is InChI=1S/C11H17NS/c1-3-12-11(9-4-5-9)10-6-7-13-8(10)2/h6-7,9,11-12H,3-5H2,1-2H3. The third kappa shape index (κ3) is 1.94. The van der Waals surface area contributed by atoms with Crippen molar-refractivity contribution in [2.75, 3.05) is 6.54 Å². The van der Waals surface area contributed by atoms with E-state index >= 15 is 0 Å². The molecule has 1 aliphatic carbocycles. The molecule has 0 radical (unpaired) electrons. The molecule has 1 aromatic heterocycles. The monoisotopic (exact) mass is 195 g/mol. The summed E-state index contributed by atoms with van der Waals surface area (Å²) < 4.78 is 0. The minimum absolute atomic E-state index is 0.635. The van der Waals surface area contributed by atoms with E-state index in [1.165, 1.54) is 23.3 Å². The highest BCUT2D eigenvalue weighted by atomic mass is 32.1. The van der Waals surface area contributed by atoms with Crippen molar-refractivity contribution >= 4 is 11.3 Å². The SMILES string of the molecule is CCNC(c1ccsc1C)C1CC1. The zero-order chi connectivity index (χ0) is 9.26. The van der Waals surface area contributed by atoms with Gasteiger partial charge in [-0.25, -0.2) is 0 Å². The first kappa shape index (κ1) is 9.22. The van der Waals surface area contributed by atoms with Crippen molar-refractivity contribution in [3.8, 4) is 0 Å². The predicted octanol–water partition coefficient (Wildman–Crippen LogP) is 3.12. The zero-order valence-corrected chi connectivity index (χ0v) is 9.16. The molecule has 1 aliphatic rings. The van der Waals surface area contributed by atoms with E-state index in [1.54, 1.807) is 0 Å². The summed E-state index contributed by atoms with van der Waals surface area (Å²) in [6.07, 6.45) is 2.82. The van der Waals surface area contributed by atoms with Crippen LogP contribution in [0.15, 0.2) is 11.4 Å². The van der Waals surface area contributed by atoms with Gasteiger partial charge in [0.1, 0.15) is 0 Å². The lowest BCUT2D eigenvalue weighted by atomic mass is 10.0. The van der Waals surface area contributed by atoms with Crippen LogP contribution in [0.5, 0.6) is 0 Å². The highest BCUT2D eigenvalue weighted by Crippen LogP contribution is 2.42. The van der Waals surface area contributed by atoms with Gasteiger partial charge in [-0.05, 0) is 49.2 Å². The van der Waals surface area contributed by atoms with Gasteiger partial charge in [0.25, 0.3) is 0 Å². The van der Waals surface area contributed by atoms with Gasteiger partial charge in [-0.3, -0.25) is 0 Å². The number of nitrogens with one attached hydrogen (secondary N) is 1. The summed E-state index contributed by atoms with van der Waals surface area (Å²) in [4.78, 5) is 1.48. The molecule has 1 heterocycles. The highest BCUT2D eigenvalue weighted by Gasteiger charge is 2.32. The lowest BCUT2D eigenvalue weighted by molar-refractivity contribution is 0.496. The van der Waals surface area contributed by atoms with Crippen LogP contribution in [0, 0.1) is 12.8 Å². The number of thiophene rings is 1. The van der Waals surface area contributed by atoms with Crippen molar-refractivity contribution in [2.24, 2.45) is 5.92 Å². The first-order valence-corrected chi connectivity index (χ1v) is 5.98. The summed E-state index contributed by atoms with van der Waals surface area (Å²) in [7, 11) is 0. The van der Waals surface area contributed by atoms with Crippen LogP contribution in [0.1, 0.15) is 36.2 Å². The third-order valence-electron chi connectivity index (χ3n) is 2.75. The van der Waals surface area contributed by atoms with Gasteiger partial charge in [0.2, 0.25) is 0 Å². The second kappa shape index (κ2) is 3.81. The maximum Gasteiger partial charge on any atom is 0.0359 e. The average Bonchev–Trinajstić information content (AvgIpc) is 2.86. The van der Waals surface area contributed by atoms with E-state index in [-0.39, 0.29) is 0 Å². The normalized spacial score (nSPS) is 18.9. The Balaban J connectivity index is 2.14.